The van der Waals surface area contributed by atoms with Crippen molar-refractivity contribution in [2.45, 2.75) is 39.2 Å². The molecule has 0 radical (unpaired) electrons. The van der Waals surface area contributed by atoms with Crippen LogP contribution in [0.5, 0.6) is 11.5 Å². The molecule has 0 saturated heterocycles. The molecule has 1 amide bonds. The predicted molar refractivity (Wildman–Crippen MR) is 100 cm³/mol. The number of carbonyl (C=O) groups excluding carboxylic acids is 1. The Labute approximate surface area is 150 Å². The second-order valence-corrected chi connectivity index (χ2v) is 6.05. The summed E-state index contributed by atoms with van der Waals surface area (Å²) >= 11 is 0. The van der Waals surface area contributed by atoms with Crippen LogP contribution in [0.15, 0.2) is 42.5 Å². The molecule has 0 atom stereocenters. The van der Waals surface area contributed by atoms with Crippen LogP contribution in [0, 0.1) is 0 Å². The van der Waals surface area contributed by atoms with Crippen LogP contribution in [-0.4, -0.2) is 20.1 Å². The first kappa shape index (κ1) is 18.8. The molecular weight excluding hydrogens is 314 g/mol. The van der Waals surface area contributed by atoms with Crippen molar-refractivity contribution >= 4 is 5.91 Å². The highest BCUT2D eigenvalue weighted by Gasteiger charge is 2.08. The zero-order chi connectivity index (χ0) is 18.1. The summed E-state index contributed by atoms with van der Waals surface area (Å²) in [7, 11) is 3.23. The van der Waals surface area contributed by atoms with Crippen LogP contribution >= 0.6 is 0 Å². The maximum Gasteiger partial charge on any atom is 0.224 e. The number of methoxy groups -OCH3 is 2. The highest BCUT2D eigenvalue weighted by Crippen LogP contribution is 2.24. The first-order valence-electron chi connectivity index (χ1n) is 8.71. The quantitative estimate of drug-likeness (QED) is 0.752. The minimum Gasteiger partial charge on any atom is -0.497 e. The Morgan fingerprint density at radius 3 is 2.36 bits per heavy atom. The van der Waals surface area contributed by atoms with Gasteiger partial charge in [0.25, 0.3) is 0 Å². The van der Waals surface area contributed by atoms with E-state index in [1.807, 2.05) is 30.3 Å². The summed E-state index contributed by atoms with van der Waals surface area (Å²) in [5.74, 6) is 1.44. The van der Waals surface area contributed by atoms with Crippen LogP contribution in [0.3, 0.4) is 0 Å². The van der Waals surface area contributed by atoms with E-state index in [1.165, 1.54) is 18.4 Å². The number of nitrogens with one attached hydrogen (secondary N) is 1. The summed E-state index contributed by atoms with van der Waals surface area (Å²) in [6.45, 7) is 2.62. The molecule has 1 N–H and O–H groups in total. The lowest BCUT2D eigenvalue weighted by Gasteiger charge is -2.11. The van der Waals surface area contributed by atoms with Crippen molar-refractivity contribution in [2.75, 3.05) is 14.2 Å². The lowest BCUT2D eigenvalue weighted by atomic mass is 10.0. The van der Waals surface area contributed by atoms with E-state index < -0.39 is 0 Å². The summed E-state index contributed by atoms with van der Waals surface area (Å²) < 4.78 is 10.5. The number of benzene rings is 2. The Morgan fingerprint density at radius 1 is 1.00 bits per heavy atom. The second kappa shape index (κ2) is 9.72. The number of rotatable bonds is 9. The standard InChI is InChI=1S/C21H27NO3/c1-4-5-6-16-7-9-17(10-8-16)13-21(23)22-15-18-11-12-19(24-2)14-20(18)25-3/h7-12,14H,4-6,13,15H2,1-3H3,(H,22,23). The van der Waals surface area contributed by atoms with Gasteiger partial charge in [-0.2, -0.15) is 0 Å². The molecule has 0 spiro atoms. The molecule has 0 aromatic heterocycles. The molecule has 134 valence electrons. The lowest BCUT2D eigenvalue weighted by Crippen LogP contribution is -2.24. The largest absolute Gasteiger partial charge is 0.497 e. The number of amides is 1. The number of carbonyl (C=O) groups is 1. The molecule has 4 nitrogen and oxygen atoms in total. The van der Waals surface area contributed by atoms with Crippen molar-refractivity contribution in [3.63, 3.8) is 0 Å². The normalized spacial score (nSPS) is 10.4. The second-order valence-electron chi connectivity index (χ2n) is 6.05. The van der Waals surface area contributed by atoms with Crippen LogP contribution in [0.2, 0.25) is 0 Å². The highest BCUT2D eigenvalue weighted by atomic mass is 16.5. The third kappa shape index (κ3) is 5.82. The number of hydrogen-bond donors (Lipinski definition) is 1. The van der Waals surface area contributed by atoms with Gasteiger partial charge in [-0.1, -0.05) is 37.6 Å². The molecule has 0 aliphatic carbocycles. The fourth-order valence-corrected chi connectivity index (χ4v) is 2.64. The van der Waals surface area contributed by atoms with Gasteiger partial charge in [0.15, 0.2) is 0 Å². The maximum atomic E-state index is 12.2. The Hall–Kier alpha value is -2.49. The zero-order valence-electron chi connectivity index (χ0n) is 15.3. The molecule has 2 rings (SSSR count). The van der Waals surface area contributed by atoms with E-state index in [0.29, 0.717) is 18.7 Å². The summed E-state index contributed by atoms with van der Waals surface area (Å²) in [5.41, 5.74) is 3.28. The van der Waals surface area contributed by atoms with E-state index in [9.17, 15) is 4.79 Å². The van der Waals surface area contributed by atoms with Gasteiger partial charge < -0.3 is 14.8 Å². The van der Waals surface area contributed by atoms with E-state index in [0.717, 1.165) is 23.3 Å². The van der Waals surface area contributed by atoms with Crippen molar-refractivity contribution in [1.82, 2.24) is 5.32 Å². The number of unbranched alkanes of at least 4 members (excludes halogenated alkanes) is 1. The van der Waals surface area contributed by atoms with Crippen LogP contribution in [0.4, 0.5) is 0 Å². The topological polar surface area (TPSA) is 47.6 Å². The molecular formula is C21H27NO3. The summed E-state index contributed by atoms with van der Waals surface area (Å²) in [4.78, 5) is 12.2. The summed E-state index contributed by atoms with van der Waals surface area (Å²) in [6.07, 6.45) is 3.87. The smallest absolute Gasteiger partial charge is 0.224 e. The van der Waals surface area contributed by atoms with E-state index in [4.69, 9.17) is 9.47 Å². The minimum atomic E-state index is -0.000760. The van der Waals surface area contributed by atoms with Gasteiger partial charge in [0.1, 0.15) is 11.5 Å². The van der Waals surface area contributed by atoms with Crippen LogP contribution in [0.25, 0.3) is 0 Å². The number of aryl methyl sites for hydroxylation is 1. The van der Waals surface area contributed by atoms with Crippen LogP contribution in [-0.2, 0) is 24.2 Å². The van der Waals surface area contributed by atoms with Gasteiger partial charge in [0.05, 0.1) is 20.6 Å². The monoisotopic (exact) mass is 341 g/mol. The average molecular weight is 341 g/mol. The van der Waals surface area contributed by atoms with Gasteiger partial charge in [-0.25, -0.2) is 0 Å². The summed E-state index contributed by atoms with van der Waals surface area (Å²) in [6, 6.07) is 13.9. The molecule has 4 heteroatoms. The van der Waals surface area contributed by atoms with Gasteiger partial charge in [0.2, 0.25) is 5.91 Å². The first-order valence-corrected chi connectivity index (χ1v) is 8.71. The molecule has 0 bridgehead atoms. The Kier molecular flexibility index (Phi) is 7.33. The van der Waals surface area contributed by atoms with Crippen molar-refractivity contribution in [2.24, 2.45) is 0 Å². The van der Waals surface area contributed by atoms with E-state index >= 15 is 0 Å². The Bertz CT molecular complexity index is 680. The number of hydrogen-bond acceptors (Lipinski definition) is 3. The molecule has 0 fully saturated rings. The van der Waals surface area contributed by atoms with E-state index in [-0.39, 0.29) is 5.91 Å². The predicted octanol–water partition coefficient (Wildman–Crippen LogP) is 3.91. The van der Waals surface area contributed by atoms with Crippen LogP contribution < -0.4 is 14.8 Å². The van der Waals surface area contributed by atoms with E-state index in [2.05, 4.69) is 24.4 Å². The molecule has 2 aromatic rings. The zero-order valence-corrected chi connectivity index (χ0v) is 15.3. The third-order valence-corrected chi connectivity index (χ3v) is 4.18. The molecule has 0 heterocycles. The molecule has 0 saturated carbocycles. The van der Waals surface area contributed by atoms with Crippen molar-refractivity contribution < 1.29 is 14.3 Å². The van der Waals surface area contributed by atoms with Gasteiger partial charge in [0, 0.05) is 18.2 Å². The van der Waals surface area contributed by atoms with Gasteiger partial charge >= 0.3 is 0 Å². The van der Waals surface area contributed by atoms with E-state index in [1.54, 1.807) is 14.2 Å². The molecule has 0 unspecified atom stereocenters. The Balaban J connectivity index is 1.88. The van der Waals surface area contributed by atoms with Crippen LogP contribution in [0.1, 0.15) is 36.5 Å². The SMILES string of the molecule is CCCCc1ccc(CC(=O)NCc2ccc(OC)cc2OC)cc1. The highest BCUT2D eigenvalue weighted by molar-refractivity contribution is 5.78. The van der Waals surface area contributed by atoms with Gasteiger partial charge in [-0.3, -0.25) is 4.79 Å². The first-order chi connectivity index (χ1) is 12.2. The lowest BCUT2D eigenvalue weighted by molar-refractivity contribution is -0.120. The summed E-state index contributed by atoms with van der Waals surface area (Å²) in [5, 5.41) is 2.95. The minimum absolute atomic E-state index is 0.000760. The van der Waals surface area contributed by atoms with Gasteiger partial charge in [-0.05, 0) is 36.1 Å². The molecule has 2 aromatic carbocycles. The Morgan fingerprint density at radius 2 is 1.72 bits per heavy atom. The van der Waals surface area contributed by atoms with Crippen molar-refractivity contribution in [3.8, 4) is 11.5 Å². The van der Waals surface area contributed by atoms with Crippen molar-refractivity contribution in [3.05, 3.63) is 59.2 Å². The molecule has 0 aliphatic rings. The molecule has 25 heavy (non-hydrogen) atoms. The number of ether oxygens (including phenoxy) is 2. The van der Waals surface area contributed by atoms with Gasteiger partial charge in [-0.15, -0.1) is 0 Å². The third-order valence-electron chi connectivity index (χ3n) is 4.18. The fourth-order valence-electron chi connectivity index (χ4n) is 2.64. The average Bonchev–Trinajstić information content (AvgIpc) is 2.65. The molecule has 0 aliphatic heterocycles. The maximum absolute atomic E-state index is 12.2. The fraction of sp³-hybridized carbons (Fsp3) is 0.381. The van der Waals surface area contributed by atoms with Crippen molar-refractivity contribution in [1.29, 1.82) is 0 Å².